The number of ether oxygens (including phenoxy) is 2. The van der Waals surface area contributed by atoms with Gasteiger partial charge in [0.25, 0.3) is 5.91 Å². The van der Waals surface area contributed by atoms with Gasteiger partial charge in [0, 0.05) is 19.3 Å². The predicted molar refractivity (Wildman–Crippen MR) is 98.8 cm³/mol. The van der Waals surface area contributed by atoms with Crippen molar-refractivity contribution in [3.8, 4) is 5.75 Å². The Morgan fingerprint density at radius 1 is 1.27 bits per heavy atom. The smallest absolute Gasteiger partial charge is 0.425 e. The van der Waals surface area contributed by atoms with Crippen molar-refractivity contribution >= 4 is 11.8 Å². The van der Waals surface area contributed by atoms with Gasteiger partial charge in [-0.2, -0.15) is 13.2 Å². The minimum Gasteiger partial charge on any atom is -0.481 e. The van der Waals surface area contributed by atoms with Crippen LogP contribution < -0.4 is 15.4 Å². The van der Waals surface area contributed by atoms with Gasteiger partial charge < -0.3 is 20.1 Å². The second-order valence-corrected chi connectivity index (χ2v) is 8.21. The average Bonchev–Trinajstić information content (AvgIpc) is 2.61. The third-order valence-corrected chi connectivity index (χ3v) is 4.66. The molecule has 11 heteroatoms. The highest BCUT2D eigenvalue weighted by Gasteiger charge is 2.45. The number of rotatable bonds is 6. The van der Waals surface area contributed by atoms with Gasteiger partial charge >= 0.3 is 6.18 Å². The second kappa shape index (κ2) is 8.37. The van der Waals surface area contributed by atoms with Gasteiger partial charge in [-0.15, -0.1) is 0 Å². The van der Waals surface area contributed by atoms with Crippen LogP contribution in [0.4, 0.5) is 17.6 Å². The normalized spacial score (nSPS) is 18.0. The van der Waals surface area contributed by atoms with E-state index in [0.29, 0.717) is 0 Å². The number of nitrogens with one attached hydrogen (secondary N) is 2. The van der Waals surface area contributed by atoms with Crippen molar-refractivity contribution in [2.45, 2.75) is 51.7 Å². The Kier molecular flexibility index (Phi) is 6.65. The van der Waals surface area contributed by atoms with Gasteiger partial charge in [0.15, 0.2) is 11.8 Å². The lowest BCUT2D eigenvalue weighted by atomic mass is 9.86. The molecule has 1 aromatic rings. The van der Waals surface area contributed by atoms with Crippen LogP contribution in [-0.4, -0.2) is 55.4 Å². The zero-order valence-corrected chi connectivity index (χ0v) is 17.3. The van der Waals surface area contributed by atoms with Crippen LogP contribution in [0.2, 0.25) is 0 Å². The van der Waals surface area contributed by atoms with Crippen molar-refractivity contribution in [2.24, 2.45) is 5.41 Å². The van der Waals surface area contributed by atoms with E-state index in [0.717, 1.165) is 19.2 Å². The van der Waals surface area contributed by atoms with Crippen LogP contribution in [0.15, 0.2) is 12.3 Å². The van der Waals surface area contributed by atoms with Crippen LogP contribution in [0.1, 0.15) is 43.7 Å². The first kappa shape index (κ1) is 23.8. The highest BCUT2D eigenvalue weighted by molar-refractivity contribution is 5.96. The molecular weight excluding hydrogens is 410 g/mol. The van der Waals surface area contributed by atoms with Gasteiger partial charge in [0.1, 0.15) is 17.5 Å². The molecule has 0 radical (unpaired) electrons. The number of hydrogen-bond donors (Lipinski definition) is 2. The van der Waals surface area contributed by atoms with Crippen LogP contribution in [0.5, 0.6) is 5.75 Å². The van der Waals surface area contributed by atoms with Crippen LogP contribution in [0, 0.1) is 5.41 Å². The van der Waals surface area contributed by atoms with E-state index in [9.17, 15) is 27.2 Å². The summed E-state index contributed by atoms with van der Waals surface area (Å²) in [4.78, 5) is 28.6. The average molecular weight is 435 g/mol. The number of amides is 2. The van der Waals surface area contributed by atoms with Crippen LogP contribution in [0.3, 0.4) is 0 Å². The summed E-state index contributed by atoms with van der Waals surface area (Å²) >= 11 is 0. The Morgan fingerprint density at radius 2 is 1.87 bits per heavy atom. The van der Waals surface area contributed by atoms with Crippen LogP contribution in [-0.2, 0) is 15.2 Å². The molecule has 1 aliphatic rings. The summed E-state index contributed by atoms with van der Waals surface area (Å²) in [5, 5.41) is 4.95. The molecule has 0 spiro atoms. The molecule has 1 aromatic heterocycles. The van der Waals surface area contributed by atoms with Crippen molar-refractivity contribution < 1.29 is 36.6 Å². The monoisotopic (exact) mass is 435 g/mol. The molecule has 1 aliphatic heterocycles. The standard InChI is InChI=1S/C19H25F4N3O4/c1-10(19(21,22)23)30-13-6-12(25-7-11(13)18(20)8-29-9-18)15(27)26-14(16(28)24-5)17(2,3)4/h6-7,10,14H,8-9H2,1-5H3,(H,24,28)(H,26,27). The van der Waals surface area contributed by atoms with E-state index in [1.807, 2.05) is 0 Å². The Balaban J connectivity index is 2.37. The topological polar surface area (TPSA) is 89.6 Å². The maximum Gasteiger partial charge on any atom is 0.425 e. The van der Waals surface area contributed by atoms with Crippen LogP contribution >= 0.6 is 0 Å². The fourth-order valence-corrected chi connectivity index (χ4v) is 2.71. The summed E-state index contributed by atoms with van der Waals surface area (Å²) in [6, 6.07) is -0.00153. The van der Waals surface area contributed by atoms with E-state index in [1.54, 1.807) is 20.8 Å². The molecule has 1 saturated heterocycles. The number of nitrogens with zero attached hydrogens (tertiary/aromatic N) is 1. The Morgan fingerprint density at radius 3 is 2.30 bits per heavy atom. The molecule has 2 heterocycles. The minimum atomic E-state index is -4.70. The second-order valence-electron chi connectivity index (χ2n) is 8.21. The Bertz CT molecular complexity index is 804. The van der Waals surface area contributed by atoms with Crippen LogP contribution in [0.25, 0.3) is 0 Å². The predicted octanol–water partition coefficient (Wildman–Crippen LogP) is 2.50. The van der Waals surface area contributed by atoms with E-state index in [-0.39, 0.29) is 24.5 Å². The van der Waals surface area contributed by atoms with Crippen molar-refractivity contribution in [2.75, 3.05) is 20.3 Å². The summed E-state index contributed by atoms with van der Waals surface area (Å²) in [7, 11) is 1.41. The van der Waals surface area contributed by atoms with Gasteiger partial charge in [-0.3, -0.25) is 14.6 Å². The Hall–Kier alpha value is -2.43. The SMILES string of the molecule is CNC(=O)C(NC(=O)c1cc(OC(C)C(F)(F)F)c(C2(F)COC2)cn1)C(C)(C)C. The van der Waals surface area contributed by atoms with E-state index in [4.69, 9.17) is 9.47 Å². The lowest BCUT2D eigenvalue weighted by Crippen LogP contribution is -2.53. The first-order valence-corrected chi connectivity index (χ1v) is 9.22. The summed E-state index contributed by atoms with van der Waals surface area (Å²) in [5.41, 5.74) is -3.27. The zero-order chi connectivity index (χ0) is 22.9. The fourth-order valence-electron chi connectivity index (χ4n) is 2.71. The molecule has 168 valence electrons. The molecule has 2 unspecified atom stereocenters. The minimum absolute atomic E-state index is 0.236. The first-order valence-electron chi connectivity index (χ1n) is 9.22. The molecule has 30 heavy (non-hydrogen) atoms. The number of alkyl halides is 4. The number of carbonyl (C=O) groups is 2. The van der Waals surface area contributed by atoms with Gasteiger partial charge in [0.2, 0.25) is 5.91 Å². The molecule has 0 aromatic carbocycles. The number of carbonyl (C=O) groups excluding carboxylic acids is 2. The van der Waals surface area contributed by atoms with Gasteiger partial charge in [0.05, 0.1) is 18.8 Å². The largest absolute Gasteiger partial charge is 0.481 e. The van der Waals surface area contributed by atoms with E-state index in [2.05, 4.69) is 15.6 Å². The third kappa shape index (κ3) is 5.18. The van der Waals surface area contributed by atoms with Crippen molar-refractivity contribution in [1.29, 1.82) is 0 Å². The van der Waals surface area contributed by atoms with E-state index < -0.39 is 47.0 Å². The zero-order valence-electron chi connectivity index (χ0n) is 17.3. The fraction of sp³-hybridized carbons (Fsp3) is 0.632. The van der Waals surface area contributed by atoms with Crippen molar-refractivity contribution in [3.63, 3.8) is 0 Å². The lowest BCUT2D eigenvalue weighted by molar-refractivity contribution is -0.190. The first-order chi connectivity index (χ1) is 13.7. The number of halogens is 4. The number of likely N-dealkylation sites (N-methyl/N-ethyl adjacent to an activating group) is 1. The molecule has 2 N–H and O–H groups in total. The maximum atomic E-state index is 14.8. The highest BCUT2D eigenvalue weighted by Crippen LogP contribution is 2.40. The van der Waals surface area contributed by atoms with E-state index in [1.165, 1.54) is 7.05 Å². The third-order valence-electron chi connectivity index (χ3n) is 4.66. The van der Waals surface area contributed by atoms with Crippen molar-refractivity contribution in [3.05, 3.63) is 23.5 Å². The summed E-state index contributed by atoms with van der Waals surface area (Å²) in [6.07, 6.45) is -5.98. The highest BCUT2D eigenvalue weighted by atomic mass is 19.4. The molecule has 2 amide bonds. The van der Waals surface area contributed by atoms with Gasteiger partial charge in [-0.25, -0.2) is 4.39 Å². The summed E-state index contributed by atoms with van der Waals surface area (Å²) in [6.45, 7) is 5.24. The molecule has 7 nitrogen and oxygen atoms in total. The van der Waals surface area contributed by atoms with Gasteiger partial charge in [-0.1, -0.05) is 20.8 Å². The number of pyridine rings is 1. The maximum absolute atomic E-state index is 14.8. The number of hydrogen-bond acceptors (Lipinski definition) is 5. The Labute approximate surface area is 171 Å². The molecule has 2 rings (SSSR count). The molecule has 1 fully saturated rings. The lowest BCUT2D eigenvalue weighted by Gasteiger charge is -2.35. The van der Waals surface area contributed by atoms with Gasteiger partial charge in [-0.05, 0) is 12.3 Å². The summed E-state index contributed by atoms with van der Waals surface area (Å²) < 4.78 is 63.5. The molecule has 2 atom stereocenters. The van der Waals surface area contributed by atoms with E-state index >= 15 is 0 Å². The van der Waals surface area contributed by atoms with Crippen molar-refractivity contribution in [1.82, 2.24) is 15.6 Å². The number of aromatic nitrogens is 1. The molecule has 0 aliphatic carbocycles. The quantitative estimate of drug-likeness (QED) is 0.671. The molecule has 0 bridgehead atoms. The molecule has 0 saturated carbocycles. The summed E-state index contributed by atoms with van der Waals surface area (Å²) in [5.74, 6) is -1.73. The molecular formula is C19H25F4N3O4.